The van der Waals surface area contributed by atoms with E-state index >= 15 is 0 Å². The highest BCUT2D eigenvalue weighted by Gasteiger charge is 2.06. The van der Waals surface area contributed by atoms with Crippen LogP contribution >= 0.6 is 11.8 Å². The van der Waals surface area contributed by atoms with Gasteiger partial charge >= 0.3 is 0 Å². The van der Waals surface area contributed by atoms with Crippen molar-refractivity contribution in [2.75, 3.05) is 0 Å². The van der Waals surface area contributed by atoms with E-state index in [0.29, 0.717) is 5.69 Å². The standard InChI is InChI=1S/C10H11N5OS/c1-15-6-5-12-10(15)17-8-4-2-3-7(13-8)9(11)14-16/h2-6,16H,1H3,(H2,11,14). The number of hydrogen-bond acceptors (Lipinski definition) is 5. The summed E-state index contributed by atoms with van der Waals surface area (Å²) in [6.07, 6.45) is 3.57. The monoisotopic (exact) mass is 249 g/mol. The molecule has 0 aromatic carbocycles. The summed E-state index contributed by atoms with van der Waals surface area (Å²) >= 11 is 1.41. The molecule has 0 aliphatic rings. The lowest BCUT2D eigenvalue weighted by Gasteiger charge is -2.03. The van der Waals surface area contributed by atoms with Crippen LogP contribution in [0, 0.1) is 0 Å². The molecule has 0 bridgehead atoms. The molecule has 0 unspecified atom stereocenters. The van der Waals surface area contributed by atoms with Gasteiger partial charge in [0.25, 0.3) is 0 Å². The van der Waals surface area contributed by atoms with Crippen LogP contribution in [-0.2, 0) is 7.05 Å². The van der Waals surface area contributed by atoms with Crippen LogP contribution in [0.2, 0.25) is 0 Å². The molecule has 0 saturated heterocycles. The summed E-state index contributed by atoms with van der Waals surface area (Å²) in [5.74, 6) is -0.00714. The fourth-order valence-electron chi connectivity index (χ4n) is 1.21. The van der Waals surface area contributed by atoms with Gasteiger partial charge in [-0.3, -0.25) is 0 Å². The molecule has 0 amide bonds. The van der Waals surface area contributed by atoms with Gasteiger partial charge in [-0.15, -0.1) is 0 Å². The number of imidazole rings is 1. The maximum atomic E-state index is 8.58. The van der Waals surface area contributed by atoms with Gasteiger partial charge in [0.1, 0.15) is 10.7 Å². The molecule has 17 heavy (non-hydrogen) atoms. The van der Waals surface area contributed by atoms with Crippen LogP contribution in [-0.4, -0.2) is 25.6 Å². The van der Waals surface area contributed by atoms with Gasteiger partial charge in [0, 0.05) is 19.4 Å². The Bertz CT molecular complexity index is 551. The predicted molar refractivity (Wildman–Crippen MR) is 64.1 cm³/mol. The average molecular weight is 249 g/mol. The first-order chi connectivity index (χ1) is 8.20. The first-order valence-electron chi connectivity index (χ1n) is 4.81. The van der Waals surface area contributed by atoms with Crippen molar-refractivity contribution in [1.29, 1.82) is 0 Å². The fourth-order valence-corrected chi connectivity index (χ4v) is 2.01. The maximum Gasteiger partial charge on any atom is 0.188 e. The van der Waals surface area contributed by atoms with Crippen LogP contribution in [0.15, 0.2) is 45.9 Å². The number of rotatable bonds is 3. The van der Waals surface area contributed by atoms with Gasteiger partial charge in [0.15, 0.2) is 11.0 Å². The summed E-state index contributed by atoms with van der Waals surface area (Å²) in [5.41, 5.74) is 5.91. The summed E-state index contributed by atoms with van der Waals surface area (Å²) < 4.78 is 1.89. The highest BCUT2D eigenvalue weighted by atomic mass is 32.2. The molecular formula is C10H11N5OS. The molecule has 0 fully saturated rings. The largest absolute Gasteiger partial charge is 0.409 e. The lowest BCUT2D eigenvalue weighted by atomic mass is 10.3. The Kier molecular flexibility index (Phi) is 3.29. The normalized spacial score (nSPS) is 11.7. The van der Waals surface area contributed by atoms with Crippen molar-refractivity contribution in [3.05, 3.63) is 36.3 Å². The number of amidine groups is 1. The molecule has 7 heteroatoms. The summed E-state index contributed by atoms with van der Waals surface area (Å²) in [7, 11) is 1.91. The van der Waals surface area contributed by atoms with Crippen LogP contribution < -0.4 is 5.73 Å². The topological polar surface area (TPSA) is 89.3 Å². The predicted octanol–water partition coefficient (Wildman–Crippen LogP) is 1.06. The molecule has 2 heterocycles. The number of oxime groups is 1. The van der Waals surface area contributed by atoms with Gasteiger partial charge < -0.3 is 15.5 Å². The molecule has 0 aliphatic carbocycles. The minimum Gasteiger partial charge on any atom is -0.409 e. The van der Waals surface area contributed by atoms with Crippen molar-refractivity contribution in [3.8, 4) is 0 Å². The molecule has 2 aromatic heterocycles. The van der Waals surface area contributed by atoms with Crippen molar-refractivity contribution in [2.45, 2.75) is 10.2 Å². The smallest absolute Gasteiger partial charge is 0.188 e. The molecular weight excluding hydrogens is 238 g/mol. The van der Waals surface area contributed by atoms with E-state index in [0.717, 1.165) is 10.2 Å². The third-order valence-corrected chi connectivity index (χ3v) is 3.08. The molecule has 0 aliphatic heterocycles. The van der Waals surface area contributed by atoms with Crippen LogP contribution in [0.3, 0.4) is 0 Å². The Morgan fingerprint density at radius 3 is 3.00 bits per heavy atom. The molecule has 88 valence electrons. The summed E-state index contributed by atoms with van der Waals surface area (Å²) in [6, 6.07) is 5.32. The second-order valence-corrected chi connectivity index (χ2v) is 4.26. The molecule has 0 atom stereocenters. The second-order valence-electron chi connectivity index (χ2n) is 3.27. The minimum absolute atomic E-state index is 0.00714. The first kappa shape index (κ1) is 11.5. The van der Waals surface area contributed by atoms with Crippen molar-refractivity contribution in [1.82, 2.24) is 14.5 Å². The lowest BCUT2D eigenvalue weighted by Crippen LogP contribution is -2.14. The molecule has 2 rings (SSSR count). The summed E-state index contributed by atoms with van der Waals surface area (Å²) in [6.45, 7) is 0. The highest BCUT2D eigenvalue weighted by molar-refractivity contribution is 7.99. The molecule has 0 spiro atoms. The van der Waals surface area contributed by atoms with Gasteiger partial charge in [0.05, 0.1) is 0 Å². The molecule has 3 N–H and O–H groups in total. The minimum atomic E-state index is -0.00714. The Hall–Kier alpha value is -2.02. The number of hydrogen-bond donors (Lipinski definition) is 2. The van der Waals surface area contributed by atoms with Crippen molar-refractivity contribution in [2.24, 2.45) is 17.9 Å². The number of aryl methyl sites for hydroxylation is 1. The quantitative estimate of drug-likeness (QED) is 0.367. The molecule has 0 radical (unpaired) electrons. The van der Waals surface area contributed by atoms with Crippen LogP contribution in [0.4, 0.5) is 0 Å². The van der Waals surface area contributed by atoms with E-state index in [1.807, 2.05) is 23.9 Å². The van der Waals surface area contributed by atoms with Crippen LogP contribution in [0.25, 0.3) is 0 Å². The fraction of sp³-hybridized carbons (Fsp3) is 0.100. The van der Waals surface area contributed by atoms with E-state index in [2.05, 4.69) is 15.1 Å². The van der Waals surface area contributed by atoms with Gasteiger partial charge in [-0.25, -0.2) is 9.97 Å². The van der Waals surface area contributed by atoms with E-state index in [-0.39, 0.29) is 5.84 Å². The van der Waals surface area contributed by atoms with Crippen molar-refractivity contribution >= 4 is 17.6 Å². The van der Waals surface area contributed by atoms with Crippen molar-refractivity contribution in [3.63, 3.8) is 0 Å². The van der Waals surface area contributed by atoms with Gasteiger partial charge in [0.2, 0.25) is 0 Å². The summed E-state index contributed by atoms with van der Waals surface area (Å²) in [5, 5.41) is 13.1. The zero-order valence-corrected chi connectivity index (χ0v) is 9.92. The summed E-state index contributed by atoms with van der Waals surface area (Å²) in [4.78, 5) is 8.43. The van der Waals surface area contributed by atoms with Gasteiger partial charge in [-0.1, -0.05) is 11.2 Å². The SMILES string of the molecule is Cn1ccnc1Sc1cccc(C(N)=NO)n1. The van der Waals surface area contributed by atoms with Crippen molar-refractivity contribution < 1.29 is 5.21 Å². The zero-order valence-electron chi connectivity index (χ0n) is 9.11. The zero-order chi connectivity index (χ0) is 12.3. The average Bonchev–Trinajstić information content (AvgIpc) is 2.74. The van der Waals surface area contributed by atoms with Gasteiger partial charge in [-0.05, 0) is 23.9 Å². The first-order valence-corrected chi connectivity index (χ1v) is 5.62. The Morgan fingerprint density at radius 2 is 2.35 bits per heavy atom. The lowest BCUT2D eigenvalue weighted by molar-refractivity contribution is 0.318. The number of nitrogens with zero attached hydrogens (tertiary/aromatic N) is 4. The number of nitrogens with two attached hydrogens (primary N) is 1. The Balaban J connectivity index is 2.26. The third kappa shape index (κ3) is 2.56. The maximum absolute atomic E-state index is 8.58. The van der Waals surface area contributed by atoms with Crippen LogP contribution in [0.5, 0.6) is 0 Å². The van der Waals surface area contributed by atoms with E-state index in [9.17, 15) is 0 Å². The van der Waals surface area contributed by atoms with E-state index in [1.165, 1.54) is 11.8 Å². The Labute approximate surface area is 102 Å². The van der Waals surface area contributed by atoms with E-state index in [1.54, 1.807) is 18.3 Å². The van der Waals surface area contributed by atoms with E-state index < -0.39 is 0 Å². The number of pyridine rings is 1. The van der Waals surface area contributed by atoms with Gasteiger partial charge in [-0.2, -0.15) is 0 Å². The highest BCUT2D eigenvalue weighted by Crippen LogP contribution is 2.23. The van der Waals surface area contributed by atoms with Crippen LogP contribution in [0.1, 0.15) is 5.69 Å². The van der Waals surface area contributed by atoms with E-state index in [4.69, 9.17) is 10.9 Å². The molecule has 2 aromatic rings. The Morgan fingerprint density at radius 1 is 1.53 bits per heavy atom. The number of aromatic nitrogens is 3. The second kappa shape index (κ2) is 4.88. The molecule has 6 nitrogen and oxygen atoms in total. The third-order valence-electron chi connectivity index (χ3n) is 2.07. The molecule has 0 saturated carbocycles.